The van der Waals surface area contributed by atoms with E-state index in [2.05, 4.69) is 22.8 Å². The maximum atomic E-state index is 11.4. The van der Waals surface area contributed by atoms with Crippen molar-refractivity contribution in [1.82, 2.24) is 5.32 Å². The maximum Gasteiger partial charge on any atom is 0.340 e. The zero-order chi connectivity index (χ0) is 15.1. The predicted molar refractivity (Wildman–Crippen MR) is 85.6 cm³/mol. The number of para-hydroxylation sites is 1. The van der Waals surface area contributed by atoms with Crippen molar-refractivity contribution in [2.24, 2.45) is 0 Å². The molecular weight excluding hydrogens is 260 g/mol. The molecule has 0 saturated carbocycles. The lowest BCUT2D eigenvalue weighted by Gasteiger charge is -2.04. The van der Waals surface area contributed by atoms with Crippen molar-refractivity contribution >= 4 is 11.6 Å². The lowest BCUT2D eigenvalue weighted by atomic mass is 10.1. The number of nitrogens with one attached hydrogen (secondary N) is 1. The minimum absolute atomic E-state index is 0.128. The van der Waals surface area contributed by atoms with Crippen molar-refractivity contribution in [3.63, 3.8) is 0 Å². The van der Waals surface area contributed by atoms with Gasteiger partial charge in [0.15, 0.2) is 0 Å². The Bertz CT molecular complexity index is 691. The van der Waals surface area contributed by atoms with Crippen LogP contribution < -0.4 is 5.32 Å². The van der Waals surface area contributed by atoms with Crippen molar-refractivity contribution in [1.29, 1.82) is 0 Å². The molecule has 0 atom stereocenters. The van der Waals surface area contributed by atoms with Gasteiger partial charge in [0.1, 0.15) is 5.56 Å². The van der Waals surface area contributed by atoms with Crippen molar-refractivity contribution in [3.05, 3.63) is 82.7 Å². The molecule has 0 aliphatic rings. The van der Waals surface area contributed by atoms with Crippen LogP contribution in [0.3, 0.4) is 0 Å². The third kappa shape index (κ3) is 4.63. The molecule has 0 unspecified atom stereocenters. The summed E-state index contributed by atoms with van der Waals surface area (Å²) in [4.78, 5) is 15.7. The first-order valence-corrected chi connectivity index (χ1v) is 6.69. The molecule has 3 heteroatoms. The Morgan fingerprint density at radius 3 is 2.43 bits per heavy atom. The molecule has 3 nitrogen and oxygen atoms in total. The Hall–Kier alpha value is -2.86. The van der Waals surface area contributed by atoms with E-state index in [-0.39, 0.29) is 5.91 Å². The molecule has 0 heterocycles. The lowest BCUT2D eigenvalue weighted by molar-refractivity contribution is -0.117. The van der Waals surface area contributed by atoms with Crippen LogP contribution in [0, 0.1) is 6.07 Å². The summed E-state index contributed by atoms with van der Waals surface area (Å²) in [5.41, 5.74) is 3.30. The van der Waals surface area contributed by atoms with Gasteiger partial charge >= 0.3 is 11.8 Å². The lowest BCUT2D eigenvalue weighted by Crippen LogP contribution is -2.22. The minimum atomic E-state index is -0.128. The van der Waals surface area contributed by atoms with E-state index < -0.39 is 0 Å². The summed E-state index contributed by atoms with van der Waals surface area (Å²) < 4.78 is 0. The van der Waals surface area contributed by atoms with E-state index in [0.717, 1.165) is 16.8 Å². The van der Waals surface area contributed by atoms with Gasteiger partial charge in [0.25, 0.3) is 0 Å². The summed E-state index contributed by atoms with van der Waals surface area (Å²) in [7, 11) is 0. The summed E-state index contributed by atoms with van der Waals surface area (Å²) in [6.45, 7) is 5.78. The van der Waals surface area contributed by atoms with E-state index >= 15 is 0 Å². The molecule has 104 valence electrons. The van der Waals surface area contributed by atoms with Crippen LogP contribution in [-0.2, 0) is 11.3 Å². The first kappa shape index (κ1) is 14.5. The molecule has 0 spiro atoms. The number of nitrogens with zero attached hydrogens (tertiary/aromatic N) is 1. The van der Waals surface area contributed by atoms with E-state index in [1.54, 1.807) is 6.92 Å². The van der Waals surface area contributed by atoms with Crippen molar-refractivity contribution in [2.45, 2.75) is 13.5 Å². The number of carbonyl (C=O) groups is 1. The van der Waals surface area contributed by atoms with Crippen LogP contribution in [0.2, 0.25) is 0 Å². The Morgan fingerprint density at radius 2 is 1.81 bits per heavy atom. The molecular formula is C18H17N2O+. The summed E-state index contributed by atoms with van der Waals surface area (Å²) >= 11 is 0. The molecule has 0 radical (unpaired) electrons. The molecule has 0 fully saturated rings. The van der Waals surface area contributed by atoms with Crippen LogP contribution in [0.25, 0.3) is 4.85 Å². The number of hydrogen-bond donors (Lipinski definition) is 1. The van der Waals surface area contributed by atoms with Gasteiger partial charge in [-0.3, -0.25) is 4.79 Å². The quantitative estimate of drug-likeness (QED) is 0.848. The monoisotopic (exact) mass is 277 g/mol. The van der Waals surface area contributed by atoms with Gasteiger partial charge in [-0.2, -0.15) is 0 Å². The fourth-order valence-corrected chi connectivity index (χ4v) is 1.66. The van der Waals surface area contributed by atoms with Gasteiger partial charge in [-0.25, -0.2) is 0 Å². The highest BCUT2D eigenvalue weighted by Gasteiger charge is 2.02. The molecule has 1 amide bonds. The third-order valence-electron chi connectivity index (χ3n) is 2.86. The second-order valence-corrected chi connectivity index (χ2v) is 4.72. The number of hydrogen-bond acceptors (Lipinski definition) is 1. The van der Waals surface area contributed by atoms with Crippen LogP contribution in [-0.4, -0.2) is 5.91 Å². The predicted octanol–water partition coefficient (Wildman–Crippen LogP) is 3.89. The van der Waals surface area contributed by atoms with Crippen LogP contribution in [0.4, 0.5) is 5.69 Å². The maximum absolute atomic E-state index is 11.4. The topological polar surface area (TPSA) is 33.5 Å². The van der Waals surface area contributed by atoms with E-state index in [1.807, 2.05) is 54.6 Å². The fraction of sp³-hybridized carbons (Fsp3) is 0.111. The summed E-state index contributed by atoms with van der Waals surface area (Å²) in [6, 6.07) is 20.4. The minimum Gasteiger partial charge on any atom is -0.348 e. The molecule has 2 aromatic carbocycles. The summed E-state index contributed by atoms with van der Waals surface area (Å²) in [5, 5.41) is 2.79. The highest BCUT2D eigenvalue weighted by atomic mass is 16.1. The van der Waals surface area contributed by atoms with E-state index in [9.17, 15) is 4.79 Å². The van der Waals surface area contributed by atoms with E-state index in [4.69, 9.17) is 0 Å². The average molecular weight is 277 g/mol. The van der Waals surface area contributed by atoms with Gasteiger partial charge in [-0.1, -0.05) is 36.9 Å². The highest BCUT2D eigenvalue weighted by Crippen LogP contribution is 2.11. The first-order chi connectivity index (χ1) is 10.1. The number of amides is 1. The van der Waals surface area contributed by atoms with E-state index in [0.29, 0.717) is 12.1 Å². The van der Waals surface area contributed by atoms with Gasteiger partial charge in [0.05, 0.1) is 0 Å². The Balaban J connectivity index is 1.98. The number of benzene rings is 2. The molecule has 2 rings (SSSR count). The second-order valence-electron chi connectivity index (χ2n) is 4.72. The normalized spacial score (nSPS) is 9.38. The zero-order valence-corrected chi connectivity index (χ0v) is 12.0. The molecule has 0 aliphatic carbocycles. The second kappa shape index (κ2) is 7.06. The van der Waals surface area contributed by atoms with Gasteiger partial charge in [-0.15, -0.1) is 0 Å². The van der Waals surface area contributed by atoms with Gasteiger partial charge in [0.2, 0.25) is 5.91 Å². The Morgan fingerprint density at radius 1 is 1.14 bits per heavy atom. The SMILES string of the molecule is C=C(C)C(=O)NCc1ccc(C#[N+]c2ccccc2)cc1. The van der Waals surface area contributed by atoms with Crippen molar-refractivity contribution in [2.75, 3.05) is 0 Å². The summed E-state index contributed by atoms with van der Waals surface area (Å²) in [6.07, 6.45) is 0. The molecule has 0 aromatic heterocycles. The summed E-state index contributed by atoms with van der Waals surface area (Å²) in [5.74, 6) is -0.128. The van der Waals surface area contributed by atoms with Crippen LogP contribution in [0.1, 0.15) is 18.1 Å². The molecule has 21 heavy (non-hydrogen) atoms. The number of carbonyl (C=O) groups excluding carboxylic acids is 1. The van der Waals surface area contributed by atoms with Gasteiger partial charge < -0.3 is 5.32 Å². The third-order valence-corrected chi connectivity index (χ3v) is 2.86. The standard InChI is InChI=1S/C18H16N2O/c1-14(2)18(21)20-13-16-10-8-15(9-11-16)12-19-17-6-4-3-5-7-17/h3-11H,1,13H2,2H3/p+1. The van der Waals surface area contributed by atoms with Crippen molar-refractivity contribution in [3.8, 4) is 6.07 Å². The smallest absolute Gasteiger partial charge is 0.340 e. The number of rotatable bonds is 3. The van der Waals surface area contributed by atoms with Crippen LogP contribution in [0.15, 0.2) is 66.7 Å². The van der Waals surface area contributed by atoms with Crippen LogP contribution in [0.5, 0.6) is 0 Å². The molecule has 1 N–H and O–H groups in total. The molecule has 2 aromatic rings. The van der Waals surface area contributed by atoms with Crippen LogP contribution >= 0.6 is 0 Å². The Kier molecular flexibility index (Phi) is 4.89. The van der Waals surface area contributed by atoms with E-state index in [1.165, 1.54) is 0 Å². The molecule has 0 aliphatic heterocycles. The fourth-order valence-electron chi connectivity index (χ4n) is 1.66. The van der Waals surface area contributed by atoms with Gasteiger partial charge in [0, 0.05) is 24.3 Å². The first-order valence-electron chi connectivity index (χ1n) is 6.69. The largest absolute Gasteiger partial charge is 0.348 e. The highest BCUT2D eigenvalue weighted by molar-refractivity contribution is 5.91. The molecule has 0 saturated heterocycles. The Labute approximate surface area is 124 Å². The van der Waals surface area contributed by atoms with Gasteiger partial charge in [-0.05, 0) is 29.5 Å². The average Bonchev–Trinajstić information content (AvgIpc) is 2.52. The molecule has 0 bridgehead atoms. The van der Waals surface area contributed by atoms with Crippen molar-refractivity contribution < 1.29 is 4.79 Å². The zero-order valence-electron chi connectivity index (χ0n) is 12.0.